The van der Waals surface area contributed by atoms with Crippen molar-refractivity contribution in [3.63, 3.8) is 0 Å². The number of nitrogens with zero attached hydrogens (tertiary/aromatic N) is 2. The average molecular weight is 300 g/mol. The van der Waals surface area contributed by atoms with Crippen LogP contribution in [-0.4, -0.2) is 34.7 Å². The van der Waals surface area contributed by atoms with Crippen LogP contribution in [0.3, 0.4) is 0 Å². The van der Waals surface area contributed by atoms with E-state index in [1.54, 1.807) is 10.9 Å². The van der Waals surface area contributed by atoms with E-state index >= 15 is 0 Å². The number of benzene rings is 1. The van der Waals surface area contributed by atoms with Gasteiger partial charge in [-0.1, -0.05) is 37.3 Å². The maximum Gasteiger partial charge on any atom is 0.254 e. The monoisotopic (exact) mass is 300 g/mol. The zero-order chi connectivity index (χ0) is 15.8. The molecule has 2 amide bonds. The van der Waals surface area contributed by atoms with E-state index in [2.05, 4.69) is 15.7 Å². The van der Waals surface area contributed by atoms with Crippen molar-refractivity contribution >= 4 is 11.8 Å². The minimum Gasteiger partial charge on any atom is -0.355 e. The molecule has 0 spiro atoms. The van der Waals surface area contributed by atoms with Gasteiger partial charge in [-0.05, 0) is 12.0 Å². The topological polar surface area (TPSA) is 76.0 Å². The fourth-order valence-electron chi connectivity index (χ4n) is 1.93. The lowest BCUT2D eigenvalue weighted by atomic mass is 10.2. The quantitative estimate of drug-likeness (QED) is 0.806. The highest BCUT2D eigenvalue weighted by molar-refractivity contribution is 5.96. The first-order valence-corrected chi connectivity index (χ1v) is 7.30. The number of amides is 2. The Morgan fingerprint density at radius 1 is 1.18 bits per heavy atom. The molecule has 2 N–H and O–H groups in total. The predicted molar refractivity (Wildman–Crippen MR) is 83.4 cm³/mol. The van der Waals surface area contributed by atoms with Gasteiger partial charge in [-0.15, -0.1) is 0 Å². The Morgan fingerprint density at radius 3 is 2.68 bits per heavy atom. The van der Waals surface area contributed by atoms with E-state index in [0.717, 1.165) is 12.0 Å². The summed E-state index contributed by atoms with van der Waals surface area (Å²) in [5.74, 6) is -0.488. The normalized spacial score (nSPS) is 10.2. The Morgan fingerprint density at radius 2 is 1.95 bits per heavy atom. The van der Waals surface area contributed by atoms with E-state index in [0.29, 0.717) is 18.7 Å². The Bertz CT molecular complexity index is 622. The lowest BCUT2D eigenvalue weighted by Gasteiger charge is -2.04. The van der Waals surface area contributed by atoms with Crippen molar-refractivity contribution in [3.05, 3.63) is 53.9 Å². The van der Waals surface area contributed by atoms with Crippen LogP contribution in [0.4, 0.5) is 0 Å². The van der Waals surface area contributed by atoms with Gasteiger partial charge in [0.2, 0.25) is 5.91 Å². The van der Waals surface area contributed by atoms with Crippen LogP contribution in [0.25, 0.3) is 0 Å². The number of aromatic nitrogens is 2. The highest BCUT2D eigenvalue weighted by Crippen LogP contribution is 2.03. The van der Waals surface area contributed by atoms with Gasteiger partial charge in [0.05, 0.1) is 24.8 Å². The summed E-state index contributed by atoms with van der Waals surface area (Å²) >= 11 is 0. The Kier molecular flexibility index (Phi) is 5.71. The van der Waals surface area contributed by atoms with Crippen molar-refractivity contribution in [3.8, 4) is 0 Å². The average Bonchev–Trinajstić information content (AvgIpc) is 3.00. The highest BCUT2D eigenvalue weighted by atomic mass is 16.2. The van der Waals surface area contributed by atoms with Crippen molar-refractivity contribution in [1.82, 2.24) is 20.4 Å². The van der Waals surface area contributed by atoms with Gasteiger partial charge in [-0.25, -0.2) is 0 Å². The van der Waals surface area contributed by atoms with Gasteiger partial charge >= 0.3 is 0 Å². The van der Waals surface area contributed by atoms with Crippen LogP contribution in [0, 0.1) is 0 Å². The Hall–Kier alpha value is -2.63. The molecule has 0 fully saturated rings. The smallest absolute Gasteiger partial charge is 0.254 e. The van der Waals surface area contributed by atoms with Crippen LogP contribution in [0.15, 0.2) is 42.7 Å². The van der Waals surface area contributed by atoms with Crippen molar-refractivity contribution in [2.75, 3.05) is 13.1 Å². The lowest BCUT2D eigenvalue weighted by Crippen LogP contribution is -2.37. The molecular weight excluding hydrogens is 280 g/mol. The Balaban J connectivity index is 1.85. The predicted octanol–water partition coefficient (Wildman–Crippen LogP) is 1.19. The molecule has 0 aliphatic rings. The van der Waals surface area contributed by atoms with Gasteiger partial charge in [0.25, 0.3) is 5.91 Å². The summed E-state index contributed by atoms with van der Waals surface area (Å²) in [5, 5.41) is 9.45. The summed E-state index contributed by atoms with van der Waals surface area (Å²) in [6.45, 7) is 3.16. The molecule has 0 atom stereocenters. The molecule has 0 aliphatic heterocycles. The Labute approximate surface area is 129 Å². The molecule has 2 aromatic rings. The molecule has 0 radical (unpaired) electrons. The summed E-state index contributed by atoms with van der Waals surface area (Å²) in [5.41, 5.74) is 1.55. The highest BCUT2D eigenvalue weighted by Gasteiger charge is 2.10. The molecule has 2 rings (SSSR count). The van der Waals surface area contributed by atoms with Gasteiger partial charge < -0.3 is 10.6 Å². The van der Waals surface area contributed by atoms with Gasteiger partial charge in [0, 0.05) is 12.7 Å². The molecule has 22 heavy (non-hydrogen) atoms. The second kappa shape index (κ2) is 7.97. The first-order chi connectivity index (χ1) is 10.7. The first-order valence-electron chi connectivity index (χ1n) is 7.30. The molecule has 116 valence electrons. The number of hydrogen-bond acceptors (Lipinski definition) is 3. The van der Waals surface area contributed by atoms with Crippen LogP contribution in [-0.2, 0) is 11.3 Å². The number of nitrogens with one attached hydrogen (secondary N) is 2. The van der Waals surface area contributed by atoms with E-state index < -0.39 is 0 Å². The van der Waals surface area contributed by atoms with Crippen LogP contribution < -0.4 is 10.6 Å². The summed E-state index contributed by atoms with van der Waals surface area (Å²) in [6.07, 6.45) is 4.04. The van der Waals surface area contributed by atoms with Gasteiger partial charge in [0.15, 0.2) is 0 Å². The third-order valence-corrected chi connectivity index (χ3v) is 3.06. The van der Waals surface area contributed by atoms with Crippen LogP contribution in [0.2, 0.25) is 0 Å². The maximum absolute atomic E-state index is 11.9. The summed E-state index contributed by atoms with van der Waals surface area (Å²) < 4.78 is 1.70. The second-order valence-electron chi connectivity index (χ2n) is 4.94. The molecule has 0 saturated carbocycles. The fraction of sp³-hybridized carbons (Fsp3) is 0.312. The third-order valence-electron chi connectivity index (χ3n) is 3.06. The summed E-state index contributed by atoms with van der Waals surface area (Å²) in [6, 6.07) is 9.87. The molecule has 0 bridgehead atoms. The van der Waals surface area contributed by atoms with Gasteiger partial charge in [-0.2, -0.15) is 5.10 Å². The maximum atomic E-state index is 11.9. The van der Waals surface area contributed by atoms with Gasteiger partial charge in [0.1, 0.15) is 0 Å². The third kappa shape index (κ3) is 4.73. The molecule has 1 heterocycles. The largest absolute Gasteiger partial charge is 0.355 e. The standard InChI is InChI=1S/C16H20N4O2/c1-2-8-17-15(21)10-18-16(22)14-9-19-20(12-14)11-13-6-4-3-5-7-13/h3-7,9,12H,2,8,10-11H2,1H3,(H,17,21)(H,18,22). The summed E-state index contributed by atoms with van der Waals surface area (Å²) in [4.78, 5) is 23.4. The molecule has 6 heteroatoms. The zero-order valence-electron chi connectivity index (χ0n) is 12.6. The van der Waals surface area contributed by atoms with Crippen molar-refractivity contribution < 1.29 is 9.59 Å². The van der Waals surface area contributed by atoms with Crippen LogP contribution >= 0.6 is 0 Å². The van der Waals surface area contributed by atoms with E-state index in [4.69, 9.17) is 0 Å². The second-order valence-corrected chi connectivity index (χ2v) is 4.94. The van der Waals surface area contributed by atoms with E-state index in [9.17, 15) is 9.59 Å². The van der Waals surface area contributed by atoms with Crippen molar-refractivity contribution in [2.24, 2.45) is 0 Å². The van der Waals surface area contributed by atoms with Crippen LogP contribution in [0.5, 0.6) is 0 Å². The molecule has 0 unspecified atom stereocenters. The number of carbonyl (C=O) groups excluding carboxylic acids is 2. The van der Waals surface area contributed by atoms with E-state index in [-0.39, 0.29) is 18.4 Å². The van der Waals surface area contributed by atoms with Gasteiger partial charge in [-0.3, -0.25) is 14.3 Å². The minimum atomic E-state index is -0.300. The molecular formula is C16H20N4O2. The SMILES string of the molecule is CCCNC(=O)CNC(=O)c1cnn(Cc2ccccc2)c1. The number of hydrogen-bond donors (Lipinski definition) is 2. The van der Waals surface area contributed by atoms with Crippen LogP contribution in [0.1, 0.15) is 29.3 Å². The van der Waals surface area contributed by atoms with Crippen molar-refractivity contribution in [2.45, 2.75) is 19.9 Å². The molecule has 0 aliphatic carbocycles. The molecule has 0 saturated heterocycles. The van der Waals surface area contributed by atoms with Crippen molar-refractivity contribution in [1.29, 1.82) is 0 Å². The first kappa shape index (κ1) is 15.8. The summed E-state index contributed by atoms with van der Waals surface area (Å²) in [7, 11) is 0. The zero-order valence-corrected chi connectivity index (χ0v) is 12.6. The molecule has 6 nitrogen and oxygen atoms in total. The molecule has 1 aromatic carbocycles. The fourth-order valence-corrected chi connectivity index (χ4v) is 1.93. The number of carbonyl (C=O) groups is 2. The van der Waals surface area contributed by atoms with E-state index in [1.807, 2.05) is 37.3 Å². The molecule has 1 aromatic heterocycles. The number of rotatable bonds is 7. The van der Waals surface area contributed by atoms with E-state index in [1.165, 1.54) is 6.20 Å². The minimum absolute atomic E-state index is 0.0251. The lowest BCUT2D eigenvalue weighted by molar-refractivity contribution is -0.120.